The number of ether oxygens (including phenoxy) is 1. The van der Waals surface area contributed by atoms with E-state index in [0.29, 0.717) is 6.61 Å². The van der Waals surface area contributed by atoms with Gasteiger partial charge in [0.2, 0.25) is 0 Å². The lowest BCUT2D eigenvalue weighted by Crippen LogP contribution is -2.14. The first kappa shape index (κ1) is 18.5. The van der Waals surface area contributed by atoms with Crippen molar-refractivity contribution in [2.45, 2.75) is 71.6 Å². The van der Waals surface area contributed by atoms with Crippen LogP contribution in [0.25, 0.3) is 0 Å². The summed E-state index contributed by atoms with van der Waals surface area (Å²) in [5, 5.41) is 2.76. The minimum Gasteiger partial charge on any atom is -0.449 e. The molecule has 0 heterocycles. The van der Waals surface area contributed by atoms with Crippen LogP contribution in [0.5, 0.6) is 0 Å². The lowest BCUT2D eigenvalue weighted by atomic mass is 10.0. The monoisotopic (exact) mass is 305 g/mol. The van der Waals surface area contributed by atoms with Gasteiger partial charge in [0.15, 0.2) is 0 Å². The Kier molecular flexibility index (Phi) is 10.2. The van der Waals surface area contributed by atoms with Crippen LogP contribution in [-0.4, -0.2) is 12.7 Å². The quantitative estimate of drug-likeness (QED) is 0.514. The van der Waals surface area contributed by atoms with Crippen LogP contribution in [0.15, 0.2) is 24.3 Å². The molecule has 0 atom stereocenters. The van der Waals surface area contributed by atoms with Gasteiger partial charge in [-0.1, -0.05) is 64.5 Å². The van der Waals surface area contributed by atoms with E-state index < -0.39 is 0 Å². The van der Waals surface area contributed by atoms with Gasteiger partial charge in [-0.15, -0.1) is 0 Å². The number of hydrogen-bond donors (Lipinski definition) is 1. The molecule has 0 aromatic heterocycles. The number of aryl methyl sites for hydroxylation is 1. The Hall–Kier alpha value is -1.51. The largest absolute Gasteiger partial charge is 0.449 e. The Morgan fingerprint density at radius 3 is 2.23 bits per heavy atom. The zero-order chi connectivity index (χ0) is 16.0. The molecule has 0 aliphatic heterocycles. The highest BCUT2D eigenvalue weighted by molar-refractivity contribution is 5.84. The van der Waals surface area contributed by atoms with Gasteiger partial charge < -0.3 is 4.74 Å². The van der Waals surface area contributed by atoms with Gasteiger partial charge in [0.1, 0.15) is 0 Å². The Morgan fingerprint density at radius 2 is 1.55 bits per heavy atom. The van der Waals surface area contributed by atoms with E-state index in [-0.39, 0.29) is 6.09 Å². The van der Waals surface area contributed by atoms with Crippen LogP contribution in [0.2, 0.25) is 0 Å². The van der Waals surface area contributed by atoms with Crippen LogP contribution in [-0.2, 0) is 11.2 Å². The highest BCUT2D eigenvalue weighted by atomic mass is 16.5. The van der Waals surface area contributed by atoms with Gasteiger partial charge in [0, 0.05) is 5.69 Å². The number of benzene rings is 1. The molecular weight excluding hydrogens is 274 g/mol. The van der Waals surface area contributed by atoms with Gasteiger partial charge in [-0.25, -0.2) is 4.79 Å². The molecule has 0 fully saturated rings. The molecule has 3 nitrogen and oxygen atoms in total. The first-order valence-corrected chi connectivity index (χ1v) is 8.79. The zero-order valence-electron chi connectivity index (χ0n) is 14.2. The summed E-state index contributed by atoms with van der Waals surface area (Å²) in [5.41, 5.74) is 2.13. The average molecular weight is 305 g/mol. The van der Waals surface area contributed by atoms with E-state index in [1.165, 1.54) is 44.1 Å². The molecular formula is C19H31NO2. The summed E-state index contributed by atoms with van der Waals surface area (Å²) >= 11 is 0. The number of hydrogen-bond acceptors (Lipinski definition) is 2. The van der Waals surface area contributed by atoms with Crippen molar-refractivity contribution in [2.75, 3.05) is 11.9 Å². The van der Waals surface area contributed by atoms with E-state index in [1.807, 2.05) is 12.1 Å². The number of amides is 1. The molecule has 1 aromatic carbocycles. The SMILES string of the molecule is CCCCCCCCc1ccc(NC(=O)OCCCC)cc1. The van der Waals surface area contributed by atoms with Crippen molar-refractivity contribution in [3.8, 4) is 0 Å². The van der Waals surface area contributed by atoms with E-state index in [0.717, 1.165) is 24.9 Å². The summed E-state index contributed by atoms with van der Waals surface area (Å²) in [4.78, 5) is 11.5. The van der Waals surface area contributed by atoms with Crippen LogP contribution in [0.3, 0.4) is 0 Å². The zero-order valence-corrected chi connectivity index (χ0v) is 14.2. The Morgan fingerprint density at radius 1 is 0.909 bits per heavy atom. The Balaban J connectivity index is 2.20. The van der Waals surface area contributed by atoms with Gasteiger partial charge in [-0.2, -0.15) is 0 Å². The summed E-state index contributed by atoms with van der Waals surface area (Å²) in [6, 6.07) is 8.09. The molecule has 0 aliphatic rings. The Bertz CT molecular complexity index is 400. The first-order valence-electron chi connectivity index (χ1n) is 8.79. The molecule has 1 rings (SSSR count). The van der Waals surface area contributed by atoms with Crippen LogP contribution >= 0.6 is 0 Å². The number of carbonyl (C=O) groups is 1. The fraction of sp³-hybridized carbons (Fsp3) is 0.632. The standard InChI is InChI=1S/C19H31NO2/c1-3-5-7-8-9-10-11-17-12-14-18(15-13-17)20-19(21)22-16-6-4-2/h12-15H,3-11,16H2,1-2H3,(H,20,21). The van der Waals surface area contributed by atoms with E-state index in [2.05, 4.69) is 31.3 Å². The van der Waals surface area contributed by atoms with Gasteiger partial charge in [0.25, 0.3) is 0 Å². The van der Waals surface area contributed by atoms with Crippen LogP contribution in [0.1, 0.15) is 70.8 Å². The number of carbonyl (C=O) groups excluding carboxylic acids is 1. The molecule has 1 amide bonds. The molecule has 0 unspecified atom stereocenters. The van der Waals surface area contributed by atoms with Crippen molar-refractivity contribution in [2.24, 2.45) is 0 Å². The summed E-state index contributed by atoms with van der Waals surface area (Å²) in [6.07, 6.45) is 10.6. The minimum atomic E-state index is -0.364. The maximum atomic E-state index is 11.5. The smallest absolute Gasteiger partial charge is 0.411 e. The fourth-order valence-corrected chi connectivity index (χ4v) is 2.33. The van der Waals surface area contributed by atoms with E-state index in [4.69, 9.17) is 4.74 Å². The highest BCUT2D eigenvalue weighted by Gasteiger charge is 2.02. The van der Waals surface area contributed by atoms with Crippen molar-refractivity contribution < 1.29 is 9.53 Å². The third kappa shape index (κ3) is 8.71. The molecule has 0 aliphatic carbocycles. The average Bonchev–Trinajstić information content (AvgIpc) is 2.52. The van der Waals surface area contributed by atoms with Crippen molar-refractivity contribution in [1.29, 1.82) is 0 Å². The molecule has 22 heavy (non-hydrogen) atoms. The first-order chi connectivity index (χ1) is 10.8. The van der Waals surface area contributed by atoms with Crippen LogP contribution in [0.4, 0.5) is 10.5 Å². The lowest BCUT2D eigenvalue weighted by molar-refractivity contribution is 0.160. The maximum absolute atomic E-state index is 11.5. The number of rotatable bonds is 11. The van der Waals surface area contributed by atoms with Gasteiger partial charge in [-0.05, 0) is 37.0 Å². The molecule has 124 valence electrons. The third-order valence-corrected chi connectivity index (χ3v) is 3.75. The van der Waals surface area contributed by atoms with Gasteiger partial charge >= 0.3 is 6.09 Å². The molecule has 0 bridgehead atoms. The molecule has 0 radical (unpaired) electrons. The number of nitrogens with one attached hydrogen (secondary N) is 1. The van der Waals surface area contributed by atoms with Crippen molar-refractivity contribution in [3.05, 3.63) is 29.8 Å². The van der Waals surface area contributed by atoms with Crippen molar-refractivity contribution >= 4 is 11.8 Å². The summed E-state index contributed by atoms with van der Waals surface area (Å²) in [5.74, 6) is 0. The van der Waals surface area contributed by atoms with E-state index in [9.17, 15) is 4.79 Å². The predicted octanol–water partition coefficient (Wildman–Crippen LogP) is 5.94. The summed E-state index contributed by atoms with van der Waals surface area (Å²) in [7, 11) is 0. The van der Waals surface area contributed by atoms with Crippen molar-refractivity contribution in [1.82, 2.24) is 0 Å². The van der Waals surface area contributed by atoms with Gasteiger partial charge in [0.05, 0.1) is 6.61 Å². The minimum absolute atomic E-state index is 0.364. The maximum Gasteiger partial charge on any atom is 0.411 e. The second kappa shape index (κ2) is 12.1. The molecule has 0 saturated heterocycles. The summed E-state index contributed by atoms with van der Waals surface area (Å²) in [6.45, 7) is 4.80. The van der Waals surface area contributed by atoms with Crippen LogP contribution in [0, 0.1) is 0 Å². The van der Waals surface area contributed by atoms with Crippen molar-refractivity contribution in [3.63, 3.8) is 0 Å². The lowest BCUT2D eigenvalue weighted by Gasteiger charge is -2.07. The van der Waals surface area contributed by atoms with E-state index >= 15 is 0 Å². The molecule has 1 aromatic rings. The molecule has 0 spiro atoms. The summed E-state index contributed by atoms with van der Waals surface area (Å²) < 4.78 is 5.08. The normalized spacial score (nSPS) is 10.5. The third-order valence-electron chi connectivity index (χ3n) is 3.75. The van der Waals surface area contributed by atoms with Gasteiger partial charge in [-0.3, -0.25) is 5.32 Å². The second-order valence-electron chi connectivity index (χ2n) is 5.83. The predicted molar refractivity (Wildman–Crippen MR) is 93.4 cm³/mol. The topological polar surface area (TPSA) is 38.3 Å². The number of unbranched alkanes of at least 4 members (excludes halogenated alkanes) is 6. The number of anilines is 1. The highest BCUT2D eigenvalue weighted by Crippen LogP contribution is 2.13. The molecule has 0 saturated carbocycles. The fourth-order valence-electron chi connectivity index (χ4n) is 2.33. The Labute approximate surface area is 135 Å². The molecule has 1 N–H and O–H groups in total. The van der Waals surface area contributed by atoms with E-state index in [1.54, 1.807) is 0 Å². The second-order valence-corrected chi connectivity index (χ2v) is 5.83. The van der Waals surface area contributed by atoms with Crippen LogP contribution < -0.4 is 5.32 Å². The molecule has 3 heteroatoms.